The van der Waals surface area contributed by atoms with Crippen LogP contribution in [0.4, 0.5) is 0 Å². The van der Waals surface area contributed by atoms with Gasteiger partial charge in [-0.3, -0.25) is 4.79 Å². The van der Waals surface area contributed by atoms with Crippen molar-refractivity contribution in [2.75, 3.05) is 14.1 Å². The summed E-state index contributed by atoms with van der Waals surface area (Å²) < 4.78 is 5.66. The number of ether oxygens (including phenoxy) is 1. The predicted molar refractivity (Wildman–Crippen MR) is 102 cm³/mol. The molecule has 4 nitrogen and oxygen atoms in total. The molecule has 0 fully saturated rings. The number of likely N-dealkylation sites (N-methyl/N-ethyl adjacent to an activating group) is 1. The van der Waals surface area contributed by atoms with E-state index in [1.54, 1.807) is 4.90 Å². The van der Waals surface area contributed by atoms with E-state index in [1.165, 1.54) is 16.7 Å². The fourth-order valence-electron chi connectivity index (χ4n) is 2.74. The number of nitrogens with one attached hydrogen (secondary N) is 1. The largest absolute Gasteiger partial charge is 0.491 e. The highest BCUT2D eigenvalue weighted by Gasteiger charge is 2.18. The van der Waals surface area contributed by atoms with Crippen LogP contribution in [0.2, 0.25) is 0 Å². The molecule has 0 aliphatic carbocycles. The van der Waals surface area contributed by atoms with Crippen molar-refractivity contribution in [3.8, 4) is 5.75 Å². The van der Waals surface area contributed by atoms with Gasteiger partial charge in [-0.05, 0) is 38.1 Å². The van der Waals surface area contributed by atoms with Crippen LogP contribution in [-0.2, 0) is 24.3 Å². The summed E-state index contributed by atoms with van der Waals surface area (Å²) in [5.74, 6) is 1.19. The van der Waals surface area contributed by atoms with Gasteiger partial charge in [-0.1, -0.05) is 42.5 Å². The summed E-state index contributed by atoms with van der Waals surface area (Å²) in [5, 5.41) is 3.12. The Morgan fingerprint density at radius 1 is 1.08 bits per heavy atom. The Hall–Kier alpha value is -2.33. The first-order valence-corrected chi connectivity index (χ1v) is 8.71. The van der Waals surface area contributed by atoms with Crippen molar-refractivity contribution in [3.63, 3.8) is 0 Å². The number of nitrogens with zero attached hydrogens (tertiary/aromatic N) is 1. The zero-order chi connectivity index (χ0) is 18.2. The van der Waals surface area contributed by atoms with Crippen molar-refractivity contribution in [2.24, 2.45) is 0 Å². The third kappa shape index (κ3) is 5.61. The minimum Gasteiger partial charge on any atom is -0.491 e. The molecule has 1 heterocycles. The highest BCUT2D eigenvalue weighted by molar-refractivity contribution is 5.80. The van der Waals surface area contributed by atoms with Crippen molar-refractivity contribution in [1.82, 2.24) is 10.2 Å². The lowest BCUT2D eigenvalue weighted by molar-refractivity contribution is -0.130. The second kappa shape index (κ2) is 9.23. The standard InChI is InChI=1S/C11H17NO.C10H11NO/c1-9(2)13-11-7-5-4-6-10(11)8-12-3;1-11-7-9-5-3-2-4-8(9)6-10(11)12/h4-7,9,12H,8H2,1-3H3;2-5H,6-7H2,1H3. The second-order valence-corrected chi connectivity index (χ2v) is 6.50. The molecule has 2 aromatic carbocycles. The summed E-state index contributed by atoms with van der Waals surface area (Å²) in [7, 11) is 3.78. The van der Waals surface area contributed by atoms with Gasteiger partial charge in [0.05, 0.1) is 12.5 Å². The van der Waals surface area contributed by atoms with Crippen molar-refractivity contribution in [1.29, 1.82) is 0 Å². The fourth-order valence-corrected chi connectivity index (χ4v) is 2.74. The van der Waals surface area contributed by atoms with Crippen LogP contribution in [0.3, 0.4) is 0 Å². The Kier molecular flexibility index (Phi) is 7.02. The van der Waals surface area contributed by atoms with E-state index in [2.05, 4.69) is 17.4 Å². The summed E-state index contributed by atoms with van der Waals surface area (Å²) in [5.41, 5.74) is 3.67. The topological polar surface area (TPSA) is 41.6 Å². The molecule has 1 amide bonds. The molecule has 0 atom stereocenters. The lowest BCUT2D eigenvalue weighted by atomic mass is 10.00. The highest BCUT2D eigenvalue weighted by Crippen LogP contribution is 2.19. The lowest BCUT2D eigenvalue weighted by Gasteiger charge is -2.24. The molecular formula is C21H28N2O2. The van der Waals surface area contributed by atoms with Gasteiger partial charge in [-0.2, -0.15) is 0 Å². The molecule has 1 aliphatic heterocycles. The minimum absolute atomic E-state index is 0.216. The van der Waals surface area contributed by atoms with E-state index < -0.39 is 0 Å². The molecule has 0 saturated heterocycles. The average Bonchev–Trinajstić information content (AvgIpc) is 2.58. The zero-order valence-electron chi connectivity index (χ0n) is 15.6. The molecule has 0 saturated carbocycles. The number of amides is 1. The maximum Gasteiger partial charge on any atom is 0.227 e. The Morgan fingerprint density at radius 3 is 2.40 bits per heavy atom. The molecule has 2 aromatic rings. The Morgan fingerprint density at radius 2 is 1.72 bits per heavy atom. The fraction of sp³-hybridized carbons (Fsp3) is 0.381. The van der Waals surface area contributed by atoms with Crippen LogP contribution < -0.4 is 10.1 Å². The molecule has 4 heteroatoms. The van der Waals surface area contributed by atoms with Gasteiger partial charge in [0.2, 0.25) is 5.91 Å². The SMILES string of the molecule is CN1Cc2ccccc2CC1=O.CNCc1ccccc1OC(C)C. The second-order valence-electron chi connectivity index (χ2n) is 6.50. The molecule has 0 spiro atoms. The molecule has 0 unspecified atom stereocenters. The maximum atomic E-state index is 11.3. The quantitative estimate of drug-likeness (QED) is 0.927. The monoisotopic (exact) mass is 340 g/mol. The third-order valence-corrected chi connectivity index (χ3v) is 4.00. The first-order chi connectivity index (χ1) is 12.0. The lowest BCUT2D eigenvalue weighted by Crippen LogP contribution is -2.32. The van der Waals surface area contributed by atoms with Gasteiger partial charge < -0.3 is 15.0 Å². The molecule has 3 rings (SSSR count). The number of para-hydroxylation sites is 1. The third-order valence-electron chi connectivity index (χ3n) is 4.00. The van der Waals surface area contributed by atoms with Gasteiger partial charge in [0, 0.05) is 25.7 Å². The summed E-state index contributed by atoms with van der Waals surface area (Å²) >= 11 is 0. The molecule has 0 aromatic heterocycles. The number of rotatable bonds is 4. The van der Waals surface area contributed by atoms with Gasteiger partial charge >= 0.3 is 0 Å². The van der Waals surface area contributed by atoms with E-state index in [1.807, 2.05) is 64.3 Å². The van der Waals surface area contributed by atoms with E-state index in [0.717, 1.165) is 18.8 Å². The Labute approximate surface area is 150 Å². The van der Waals surface area contributed by atoms with Crippen LogP contribution in [0.5, 0.6) is 5.75 Å². The zero-order valence-corrected chi connectivity index (χ0v) is 15.6. The maximum absolute atomic E-state index is 11.3. The van der Waals surface area contributed by atoms with E-state index in [-0.39, 0.29) is 12.0 Å². The first-order valence-electron chi connectivity index (χ1n) is 8.71. The van der Waals surface area contributed by atoms with Crippen LogP contribution in [-0.4, -0.2) is 31.0 Å². The molecule has 0 bridgehead atoms. The number of carbonyl (C=O) groups is 1. The number of hydrogen-bond donors (Lipinski definition) is 1. The van der Waals surface area contributed by atoms with Gasteiger partial charge in [-0.15, -0.1) is 0 Å². The van der Waals surface area contributed by atoms with Crippen LogP contribution in [0.1, 0.15) is 30.5 Å². The minimum atomic E-state index is 0.216. The van der Waals surface area contributed by atoms with E-state index in [9.17, 15) is 4.79 Å². The molecule has 1 N–H and O–H groups in total. The van der Waals surface area contributed by atoms with Crippen molar-refractivity contribution in [3.05, 3.63) is 65.2 Å². The predicted octanol–water partition coefficient (Wildman–Crippen LogP) is 3.39. The number of benzene rings is 2. The molecule has 0 radical (unpaired) electrons. The summed E-state index contributed by atoms with van der Waals surface area (Å²) in [6.45, 7) is 5.68. The molecule has 1 aliphatic rings. The van der Waals surface area contributed by atoms with Gasteiger partial charge in [0.1, 0.15) is 5.75 Å². The van der Waals surface area contributed by atoms with Crippen LogP contribution in [0.25, 0.3) is 0 Å². The van der Waals surface area contributed by atoms with Crippen LogP contribution in [0.15, 0.2) is 48.5 Å². The van der Waals surface area contributed by atoms with Gasteiger partial charge in [0.25, 0.3) is 0 Å². The molecule has 134 valence electrons. The average molecular weight is 340 g/mol. The van der Waals surface area contributed by atoms with Gasteiger partial charge in [-0.25, -0.2) is 0 Å². The summed E-state index contributed by atoms with van der Waals surface area (Å²) in [6, 6.07) is 16.2. The highest BCUT2D eigenvalue weighted by atomic mass is 16.5. The first kappa shape index (κ1) is 19.0. The van der Waals surface area contributed by atoms with Crippen LogP contribution >= 0.6 is 0 Å². The van der Waals surface area contributed by atoms with Crippen LogP contribution in [0, 0.1) is 0 Å². The number of fused-ring (bicyclic) bond motifs is 1. The van der Waals surface area contributed by atoms with Crippen molar-refractivity contribution < 1.29 is 9.53 Å². The Balaban J connectivity index is 0.000000181. The number of hydrogen-bond acceptors (Lipinski definition) is 3. The van der Waals surface area contributed by atoms with E-state index in [4.69, 9.17) is 4.74 Å². The van der Waals surface area contributed by atoms with Gasteiger partial charge in [0.15, 0.2) is 0 Å². The number of carbonyl (C=O) groups excluding carboxylic acids is 1. The summed E-state index contributed by atoms with van der Waals surface area (Å²) in [4.78, 5) is 13.0. The normalized spacial score (nSPS) is 13.2. The van der Waals surface area contributed by atoms with E-state index >= 15 is 0 Å². The molecule has 25 heavy (non-hydrogen) atoms. The van der Waals surface area contributed by atoms with E-state index in [0.29, 0.717) is 6.42 Å². The smallest absolute Gasteiger partial charge is 0.227 e. The van der Waals surface area contributed by atoms with Crippen molar-refractivity contribution >= 4 is 5.91 Å². The summed E-state index contributed by atoms with van der Waals surface area (Å²) in [6.07, 6.45) is 0.796. The molecular weight excluding hydrogens is 312 g/mol. The Bertz CT molecular complexity index is 698. The van der Waals surface area contributed by atoms with Crippen molar-refractivity contribution in [2.45, 2.75) is 39.5 Å².